The van der Waals surface area contributed by atoms with E-state index in [1.165, 1.54) is 11.1 Å². The molecule has 1 amide bonds. The summed E-state index contributed by atoms with van der Waals surface area (Å²) in [5, 5.41) is 4.20. The van der Waals surface area contributed by atoms with Crippen LogP contribution >= 0.6 is 0 Å². The zero-order valence-electron chi connectivity index (χ0n) is 12.0. The van der Waals surface area contributed by atoms with Crippen molar-refractivity contribution in [3.05, 3.63) is 47.3 Å². The standard InChI is InChI=1S/C16H19N3O/c1-3-18-11-14(10-17-18)16(20)19-9-5-8-13-7-4-6-12(2)15(13)19/h4,6-7,10-11H,3,5,8-9H2,1-2H3. The molecule has 4 nitrogen and oxygen atoms in total. The molecule has 4 heteroatoms. The van der Waals surface area contributed by atoms with Crippen molar-refractivity contribution in [3.8, 4) is 0 Å². The number of hydrogen-bond donors (Lipinski definition) is 0. The summed E-state index contributed by atoms with van der Waals surface area (Å²) in [6.45, 7) is 5.65. The Labute approximate surface area is 119 Å². The third-order valence-corrected chi connectivity index (χ3v) is 3.87. The van der Waals surface area contributed by atoms with Crippen LogP contribution in [0.1, 0.15) is 34.8 Å². The van der Waals surface area contributed by atoms with Gasteiger partial charge in [0, 0.05) is 19.3 Å². The number of carbonyl (C=O) groups excluding carboxylic acids is 1. The van der Waals surface area contributed by atoms with Gasteiger partial charge in [-0.2, -0.15) is 5.10 Å². The highest BCUT2D eigenvalue weighted by atomic mass is 16.2. The predicted octanol–water partition coefficient (Wildman–Crippen LogP) is 2.80. The lowest BCUT2D eigenvalue weighted by Gasteiger charge is -2.30. The van der Waals surface area contributed by atoms with Gasteiger partial charge in [0.1, 0.15) is 0 Å². The van der Waals surface area contributed by atoms with Crippen molar-refractivity contribution >= 4 is 11.6 Å². The Balaban J connectivity index is 1.98. The smallest absolute Gasteiger partial charge is 0.261 e. The highest BCUT2D eigenvalue weighted by Gasteiger charge is 2.25. The van der Waals surface area contributed by atoms with Crippen LogP contribution in [-0.4, -0.2) is 22.2 Å². The fourth-order valence-corrected chi connectivity index (χ4v) is 2.85. The predicted molar refractivity (Wildman–Crippen MR) is 79.1 cm³/mol. The molecule has 0 aliphatic carbocycles. The van der Waals surface area contributed by atoms with Crippen molar-refractivity contribution in [3.63, 3.8) is 0 Å². The van der Waals surface area contributed by atoms with Crippen LogP contribution in [-0.2, 0) is 13.0 Å². The van der Waals surface area contributed by atoms with Gasteiger partial charge in [-0.3, -0.25) is 9.48 Å². The number of hydrogen-bond acceptors (Lipinski definition) is 2. The Morgan fingerprint density at radius 3 is 3.00 bits per heavy atom. The summed E-state index contributed by atoms with van der Waals surface area (Å²) >= 11 is 0. The number of benzene rings is 1. The molecule has 0 atom stereocenters. The molecular formula is C16H19N3O. The van der Waals surface area contributed by atoms with Gasteiger partial charge in [0.15, 0.2) is 0 Å². The first-order valence-corrected chi connectivity index (χ1v) is 7.13. The molecule has 3 rings (SSSR count). The third kappa shape index (κ3) is 2.11. The van der Waals surface area contributed by atoms with Crippen molar-refractivity contribution in [1.29, 1.82) is 0 Å². The van der Waals surface area contributed by atoms with Crippen LogP contribution in [0.25, 0.3) is 0 Å². The summed E-state index contributed by atoms with van der Waals surface area (Å²) in [5.41, 5.74) is 4.20. The fourth-order valence-electron chi connectivity index (χ4n) is 2.85. The minimum atomic E-state index is 0.0555. The van der Waals surface area contributed by atoms with Gasteiger partial charge in [0.05, 0.1) is 17.4 Å². The lowest BCUT2D eigenvalue weighted by molar-refractivity contribution is 0.0985. The van der Waals surface area contributed by atoms with Crippen molar-refractivity contribution in [2.75, 3.05) is 11.4 Å². The average Bonchev–Trinajstić information content (AvgIpc) is 2.95. The molecule has 0 saturated heterocycles. The van der Waals surface area contributed by atoms with Gasteiger partial charge in [0.2, 0.25) is 0 Å². The minimum absolute atomic E-state index is 0.0555. The number of amides is 1. The van der Waals surface area contributed by atoms with Crippen LogP contribution < -0.4 is 4.90 Å². The molecule has 1 aliphatic heterocycles. The van der Waals surface area contributed by atoms with E-state index < -0.39 is 0 Å². The molecule has 0 unspecified atom stereocenters. The number of para-hydroxylation sites is 1. The summed E-state index contributed by atoms with van der Waals surface area (Å²) in [6, 6.07) is 6.26. The molecule has 2 heterocycles. The second-order valence-electron chi connectivity index (χ2n) is 5.23. The Kier molecular flexibility index (Phi) is 3.30. The highest BCUT2D eigenvalue weighted by Crippen LogP contribution is 2.31. The van der Waals surface area contributed by atoms with E-state index in [4.69, 9.17) is 0 Å². The van der Waals surface area contributed by atoms with Gasteiger partial charge < -0.3 is 4.90 Å². The largest absolute Gasteiger partial charge is 0.308 e. The molecule has 20 heavy (non-hydrogen) atoms. The molecule has 0 saturated carbocycles. The van der Waals surface area contributed by atoms with E-state index in [9.17, 15) is 4.79 Å². The number of fused-ring (bicyclic) bond motifs is 1. The van der Waals surface area contributed by atoms with E-state index in [-0.39, 0.29) is 5.91 Å². The Bertz CT molecular complexity index is 645. The van der Waals surface area contributed by atoms with E-state index in [2.05, 4.69) is 30.2 Å². The van der Waals surface area contributed by atoms with Crippen LogP contribution in [0.3, 0.4) is 0 Å². The molecular weight excluding hydrogens is 250 g/mol. The maximum absolute atomic E-state index is 12.7. The Morgan fingerprint density at radius 1 is 1.40 bits per heavy atom. The second-order valence-corrected chi connectivity index (χ2v) is 5.23. The quantitative estimate of drug-likeness (QED) is 0.840. The summed E-state index contributed by atoms with van der Waals surface area (Å²) in [4.78, 5) is 14.6. The second kappa shape index (κ2) is 5.12. The van der Waals surface area contributed by atoms with E-state index in [0.717, 1.165) is 31.6 Å². The molecule has 0 spiro atoms. The number of rotatable bonds is 2. The zero-order chi connectivity index (χ0) is 14.1. The molecule has 0 N–H and O–H groups in total. The Morgan fingerprint density at radius 2 is 2.25 bits per heavy atom. The third-order valence-electron chi connectivity index (χ3n) is 3.87. The van der Waals surface area contributed by atoms with E-state index in [0.29, 0.717) is 5.56 Å². The van der Waals surface area contributed by atoms with Gasteiger partial charge >= 0.3 is 0 Å². The molecule has 1 aromatic heterocycles. The number of anilines is 1. The monoisotopic (exact) mass is 269 g/mol. The molecule has 0 fully saturated rings. The van der Waals surface area contributed by atoms with Gasteiger partial charge in [-0.15, -0.1) is 0 Å². The van der Waals surface area contributed by atoms with Gasteiger partial charge in [-0.1, -0.05) is 18.2 Å². The summed E-state index contributed by atoms with van der Waals surface area (Å²) in [6.07, 6.45) is 5.56. The van der Waals surface area contributed by atoms with Gasteiger partial charge in [-0.05, 0) is 37.8 Å². The maximum atomic E-state index is 12.7. The topological polar surface area (TPSA) is 38.1 Å². The summed E-state index contributed by atoms with van der Waals surface area (Å²) < 4.78 is 1.79. The van der Waals surface area contributed by atoms with Crippen molar-refractivity contribution in [2.45, 2.75) is 33.2 Å². The first-order valence-electron chi connectivity index (χ1n) is 7.13. The number of aromatic nitrogens is 2. The van der Waals surface area contributed by atoms with Crippen molar-refractivity contribution in [1.82, 2.24) is 9.78 Å². The Hall–Kier alpha value is -2.10. The SMILES string of the molecule is CCn1cc(C(=O)N2CCCc3cccc(C)c32)cn1. The van der Waals surface area contributed by atoms with Crippen LogP contribution in [0.15, 0.2) is 30.6 Å². The van der Waals surface area contributed by atoms with Crippen molar-refractivity contribution in [2.24, 2.45) is 0 Å². The summed E-state index contributed by atoms with van der Waals surface area (Å²) in [7, 11) is 0. The minimum Gasteiger partial charge on any atom is -0.308 e. The average molecular weight is 269 g/mol. The molecule has 0 radical (unpaired) electrons. The zero-order valence-corrected chi connectivity index (χ0v) is 12.0. The van der Waals surface area contributed by atoms with E-state index in [1.54, 1.807) is 10.9 Å². The number of carbonyl (C=O) groups is 1. The molecule has 1 aliphatic rings. The first kappa shape index (κ1) is 12.9. The van der Waals surface area contributed by atoms with Crippen molar-refractivity contribution < 1.29 is 4.79 Å². The van der Waals surface area contributed by atoms with E-state index >= 15 is 0 Å². The first-order chi connectivity index (χ1) is 9.70. The highest BCUT2D eigenvalue weighted by molar-refractivity contribution is 6.06. The number of aryl methyl sites for hydroxylation is 3. The fraction of sp³-hybridized carbons (Fsp3) is 0.375. The lowest BCUT2D eigenvalue weighted by Crippen LogP contribution is -2.35. The molecule has 0 bridgehead atoms. The van der Waals surface area contributed by atoms with Gasteiger partial charge in [0.25, 0.3) is 5.91 Å². The molecule has 104 valence electrons. The summed E-state index contributed by atoms with van der Waals surface area (Å²) in [5.74, 6) is 0.0555. The normalized spacial score (nSPS) is 14.2. The van der Waals surface area contributed by atoms with Crippen LogP contribution in [0, 0.1) is 6.92 Å². The molecule has 1 aromatic carbocycles. The van der Waals surface area contributed by atoms with Crippen LogP contribution in [0.5, 0.6) is 0 Å². The molecule has 2 aromatic rings. The van der Waals surface area contributed by atoms with Gasteiger partial charge in [-0.25, -0.2) is 0 Å². The lowest BCUT2D eigenvalue weighted by atomic mass is 9.98. The van der Waals surface area contributed by atoms with E-state index in [1.807, 2.05) is 18.0 Å². The van der Waals surface area contributed by atoms with Crippen LogP contribution in [0.2, 0.25) is 0 Å². The number of nitrogens with zero attached hydrogens (tertiary/aromatic N) is 3. The van der Waals surface area contributed by atoms with Crippen LogP contribution in [0.4, 0.5) is 5.69 Å². The maximum Gasteiger partial charge on any atom is 0.261 e.